The molecule has 0 bridgehead atoms. The second kappa shape index (κ2) is 11.5. The second-order valence-corrected chi connectivity index (χ2v) is 19.0. The fraction of sp³-hybridized carbons (Fsp3) is 0.0588. The molecule has 2 nitrogen and oxygen atoms in total. The molecule has 0 spiro atoms. The zero-order chi connectivity index (χ0) is 36.0. The van der Waals surface area contributed by atoms with Gasteiger partial charge in [-0.3, -0.25) is 0 Å². The van der Waals surface area contributed by atoms with E-state index >= 15 is 0 Å². The number of fused-ring (bicyclic) bond motifs is 10. The number of benzene rings is 8. The smallest absolute Gasteiger partial charge is 0.181 e. The summed E-state index contributed by atoms with van der Waals surface area (Å²) < 4.78 is 6.83. The van der Waals surface area contributed by atoms with Crippen molar-refractivity contribution in [3.63, 3.8) is 0 Å². The van der Waals surface area contributed by atoms with Gasteiger partial charge in [-0.2, -0.15) is 0 Å². The van der Waals surface area contributed by atoms with Gasteiger partial charge in [0.25, 0.3) is 0 Å². The maximum atomic E-state index is 6.83. The predicted molar refractivity (Wildman–Crippen MR) is 229 cm³/mol. The summed E-state index contributed by atoms with van der Waals surface area (Å²) in [6.45, 7) is 4.70. The van der Waals surface area contributed by atoms with Crippen molar-refractivity contribution in [2.45, 2.75) is 19.3 Å². The molecule has 256 valence electrons. The number of para-hydroxylation sites is 2. The van der Waals surface area contributed by atoms with E-state index in [0.29, 0.717) is 0 Å². The Hall–Kier alpha value is -6.42. The van der Waals surface area contributed by atoms with Crippen molar-refractivity contribution >= 4 is 67.8 Å². The Morgan fingerprint density at radius 1 is 0.444 bits per heavy atom. The maximum absolute atomic E-state index is 6.83. The van der Waals surface area contributed by atoms with Crippen LogP contribution in [0.2, 0.25) is 0 Å². The van der Waals surface area contributed by atoms with Crippen molar-refractivity contribution < 1.29 is 4.42 Å². The third-order valence-corrected chi connectivity index (χ3v) is 17.0. The van der Waals surface area contributed by atoms with Gasteiger partial charge in [0.05, 0.1) is 0 Å². The van der Waals surface area contributed by atoms with Crippen LogP contribution in [-0.4, -0.2) is 8.07 Å². The fourth-order valence-corrected chi connectivity index (χ4v) is 14.9. The number of anilines is 3. The summed E-state index contributed by atoms with van der Waals surface area (Å²) in [7, 11) is -2.84. The monoisotopic (exact) mass is 707 g/mol. The zero-order valence-electron chi connectivity index (χ0n) is 30.3. The van der Waals surface area contributed by atoms with Crippen LogP contribution in [0.1, 0.15) is 25.0 Å². The van der Waals surface area contributed by atoms with Gasteiger partial charge in [-0.15, -0.1) is 0 Å². The molecule has 8 aromatic carbocycles. The first-order valence-electron chi connectivity index (χ1n) is 18.9. The topological polar surface area (TPSA) is 16.4 Å². The third kappa shape index (κ3) is 4.22. The second-order valence-electron chi connectivity index (χ2n) is 15.2. The predicted octanol–water partition coefficient (Wildman–Crippen LogP) is 10.7. The van der Waals surface area contributed by atoms with Crippen molar-refractivity contribution in [2.24, 2.45) is 0 Å². The van der Waals surface area contributed by atoms with Crippen LogP contribution in [0.3, 0.4) is 0 Å². The van der Waals surface area contributed by atoms with Crippen LogP contribution in [-0.2, 0) is 5.41 Å². The van der Waals surface area contributed by atoms with Crippen LogP contribution in [0.15, 0.2) is 192 Å². The van der Waals surface area contributed by atoms with E-state index in [4.69, 9.17) is 4.42 Å². The van der Waals surface area contributed by atoms with E-state index in [1.807, 2.05) is 0 Å². The van der Waals surface area contributed by atoms with Crippen molar-refractivity contribution in [1.29, 1.82) is 0 Å². The Morgan fingerprint density at radius 3 is 1.81 bits per heavy atom. The molecule has 1 aromatic heterocycles. The van der Waals surface area contributed by atoms with Crippen molar-refractivity contribution in [3.05, 3.63) is 199 Å². The Balaban J connectivity index is 1.21. The van der Waals surface area contributed by atoms with Gasteiger partial charge in [-0.05, 0) is 91.0 Å². The Kier molecular flexibility index (Phi) is 6.65. The van der Waals surface area contributed by atoms with E-state index in [1.165, 1.54) is 54.1 Å². The lowest BCUT2D eigenvalue weighted by Gasteiger charge is -2.33. The number of furan rings is 1. The van der Waals surface area contributed by atoms with Crippen LogP contribution in [0.25, 0.3) is 44.2 Å². The van der Waals surface area contributed by atoms with Crippen molar-refractivity contribution in [1.82, 2.24) is 0 Å². The SMILES string of the molecule is CC1(C)c2ccccc2-c2cc(N(c3ccccc3)c3ccc4c(c3)[Si](c3ccccc3)(c3ccccc3)c3ccc5c(oc6ccccc65)c3-4)ccc21. The van der Waals surface area contributed by atoms with Gasteiger partial charge in [-0.25, -0.2) is 0 Å². The Bertz CT molecular complexity index is 2870. The molecule has 2 aliphatic rings. The molecule has 0 N–H and O–H groups in total. The van der Waals surface area contributed by atoms with Gasteiger partial charge >= 0.3 is 0 Å². The van der Waals surface area contributed by atoms with Gasteiger partial charge < -0.3 is 9.32 Å². The Labute approximate surface area is 316 Å². The first-order valence-corrected chi connectivity index (χ1v) is 20.9. The molecule has 1 aliphatic heterocycles. The van der Waals surface area contributed by atoms with Gasteiger partial charge in [0, 0.05) is 38.8 Å². The normalized spacial score (nSPS) is 14.4. The van der Waals surface area contributed by atoms with E-state index in [-0.39, 0.29) is 5.41 Å². The van der Waals surface area contributed by atoms with Gasteiger partial charge in [0.1, 0.15) is 11.2 Å². The minimum atomic E-state index is -2.84. The third-order valence-electron chi connectivity index (χ3n) is 12.1. The molecule has 0 radical (unpaired) electrons. The summed E-state index contributed by atoms with van der Waals surface area (Å²) in [4.78, 5) is 2.45. The highest BCUT2D eigenvalue weighted by atomic mass is 28.3. The fourth-order valence-electron chi connectivity index (χ4n) is 9.75. The first-order chi connectivity index (χ1) is 26.5. The van der Waals surface area contributed by atoms with Crippen LogP contribution < -0.4 is 25.6 Å². The average Bonchev–Trinajstić information content (AvgIpc) is 3.83. The highest BCUT2D eigenvalue weighted by Gasteiger charge is 2.50. The van der Waals surface area contributed by atoms with Gasteiger partial charge in [-0.1, -0.05) is 159 Å². The molecular formula is C51H37NOSi. The molecule has 3 heteroatoms. The van der Waals surface area contributed by atoms with E-state index < -0.39 is 8.07 Å². The molecule has 0 saturated heterocycles. The molecule has 0 amide bonds. The van der Waals surface area contributed by atoms with Gasteiger partial charge in [0.15, 0.2) is 8.07 Å². The molecule has 9 aromatic rings. The molecule has 0 saturated carbocycles. The molecule has 0 fully saturated rings. The van der Waals surface area contributed by atoms with Crippen LogP contribution >= 0.6 is 0 Å². The molecular weight excluding hydrogens is 671 g/mol. The number of hydrogen-bond acceptors (Lipinski definition) is 2. The summed E-state index contributed by atoms with van der Waals surface area (Å²) in [5.74, 6) is 0. The molecule has 54 heavy (non-hydrogen) atoms. The van der Waals surface area contributed by atoms with Crippen molar-refractivity contribution in [2.75, 3.05) is 4.90 Å². The average molecular weight is 708 g/mol. The molecule has 0 unspecified atom stereocenters. The summed E-state index contributed by atoms with van der Waals surface area (Å²) in [5, 5.41) is 7.81. The van der Waals surface area contributed by atoms with Crippen LogP contribution in [0.4, 0.5) is 17.1 Å². The minimum Gasteiger partial charge on any atom is -0.455 e. The lowest BCUT2D eigenvalue weighted by molar-refractivity contribution is 0.660. The quantitative estimate of drug-likeness (QED) is 0.166. The van der Waals surface area contributed by atoms with Gasteiger partial charge in [0.2, 0.25) is 0 Å². The number of rotatable bonds is 5. The minimum absolute atomic E-state index is 0.0556. The molecule has 11 rings (SSSR count). The number of hydrogen-bond donors (Lipinski definition) is 0. The van der Waals surface area contributed by atoms with E-state index in [1.54, 1.807) is 0 Å². The summed E-state index contributed by atoms with van der Waals surface area (Å²) in [5.41, 5.74) is 13.2. The van der Waals surface area contributed by atoms with E-state index in [2.05, 4.69) is 207 Å². The maximum Gasteiger partial charge on any atom is 0.181 e. The lowest BCUT2D eigenvalue weighted by Crippen LogP contribution is -2.72. The highest BCUT2D eigenvalue weighted by molar-refractivity contribution is 7.22. The molecule has 2 heterocycles. The zero-order valence-corrected chi connectivity index (χ0v) is 31.3. The largest absolute Gasteiger partial charge is 0.455 e. The summed E-state index contributed by atoms with van der Waals surface area (Å²) >= 11 is 0. The summed E-state index contributed by atoms with van der Waals surface area (Å²) in [6, 6.07) is 69.7. The summed E-state index contributed by atoms with van der Waals surface area (Å²) in [6.07, 6.45) is 0. The van der Waals surface area contributed by atoms with E-state index in [0.717, 1.165) is 39.0 Å². The van der Waals surface area contributed by atoms with Crippen LogP contribution in [0.5, 0.6) is 0 Å². The Morgan fingerprint density at radius 2 is 1.06 bits per heavy atom. The highest BCUT2D eigenvalue weighted by Crippen LogP contribution is 2.51. The van der Waals surface area contributed by atoms with Crippen LogP contribution in [0, 0.1) is 0 Å². The first kappa shape index (κ1) is 31.1. The lowest BCUT2D eigenvalue weighted by atomic mass is 9.82. The standard InChI is InChI=1S/C51H37NOSi/c1-51(2)44-24-14-12-22-39(44)43-32-35(27-30-45(43)51)52(34-16-6-3-7-17-34)36-26-28-42-48(33-36)54(37-18-8-4-9-19-37,38-20-10-5-11-21-38)47-31-29-41-40-23-13-15-25-46(40)53-50(41)49(42)47/h3-33H,1-2H3. The number of nitrogens with zero attached hydrogens (tertiary/aromatic N) is 1. The van der Waals surface area contributed by atoms with Crippen molar-refractivity contribution in [3.8, 4) is 22.3 Å². The van der Waals surface area contributed by atoms with E-state index in [9.17, 15) is 0 Å². The molecule has 1 aliphatic carbocycles. The molecule has 0 atom stereocenters.